The number of benzene rings is 2. The minimum absolute atomic E-state index is 0. The number of hydrogen-bond donors (Lipinski definition) is 3. The molecule has 4 N–H and O–H groups in total. The van der Waals surface area contributed by atoms with Gasteiger partial charge < -0.3 is 5.11 Å². The molecule has 0 bridgehead atoms. The number of halogens is 1. The van der Waals surface area contributed by atoms with Crippen molar-refractivity contribution in [1.29, 1.82) is 0 Å². The molecule has 2 aromatic rings. The summed E-state index contributed by atoms with van der Waals surface area (Å²) in [7, 11) is -2.08. The van der Waals surface area contributed by atoms with Crippen molar-refractivity contribution in [3.63, 3.8) is 0 Å². The normalized spacial score (nSPS) is 13.2. The highest BCUT2D eigenvalue weighted by atomic mass is 35.5. The molecule has 0 aromatic heterocycles. The zero-order chi connectivity index (χ0) is 16.9. The molecule has 0 aliphatic heterocycles. The van der Waals surface area contributed by atoms with Crippen molar-refractivity contribution >= 4 is 30.9 Å². The van der Waals surface area contributed by atoms with Crippen LogP contribution in [0.2, 0.25) is 11.1 Å². The van der Waals surface area contributed by atoms with Gasteiger partial charge in [-0.3, -0.25) is 5.84 Å². The molecule has 0 radical (unpaired) electrons. The monoisotopic (exact) mass is 364 g/mol. The third kappa shape index (κ3) is 4.26. The molecule has 0 fully saturated rings. The van der Waals surface area contributed by atoms with Gasteiger partial charge in [-0.1, -0.05) is 91.8 Å². The van der Waals surface area contributed by atoms with Crippen LogP contribution < -0.4 is 21.6 Å². The maximum absolute atomic E-state index is 9.97. The number of aliphatic hydroxyl groups is 1. The van der Waals surface area contributed by atoms with Gasteiger partial charge in [0.25, 0.3) is 0 Å². The summed E-state index contributed by atoms with van der Waals surface area (Å²) in [6.45, 7) is 6.96. The SMILES string of the molecule is CC(C)(C)[Si](CCC(O)NN)(c1ccccc1)c1ccccc1.Cl. The Morgan fingerprint density at radius 3 is 1.71 bits per heavy atom. The first-order valence-electron chi connectivity index (χ1n) is 8.17. The Morgan fingerprint density at radius 1 is 0.958 bits per heavy atom. The molecule has 0 aliphatic rings. The smallest absolute Gasteiger partial charge is 0.123 e. The predicted octanol–water partition coefficient (Wildman–Crippen LogP) is 2.64. The fraction of sp³-hybridized carbons (Fsp3) is 0.368. The summed E-state index contributed by atoms with van der Waals surface area (Å²) >= 11 is 0. The molecule has 0 amide bonds. The molecule has 2 rings (SSSR count). The van der Waals surface area contributed by atoms with Gasteiger partial charge in [-0.15, -0.1) is 12.4 Å². The maximum Gasteiger partial charge on any atom is 0.123 e. The molecule has 0 spiro atoms. The van der Waals surface area contributed by atoms with E-state index in [9.17, 15) is 5.11 Å². The molecule has 3 nitrogen and oxygen atoms in total. The highest BCUT2D eigenvalue weighted by molar-refractivity contribution is 7.04. The van der Waals surface area contributed by atoms with E-state index in [-0.39, 0.29) is 17.4 Å². The zero-order valence-corrected chi connectivity index (χ0v) is 16.5. The van der Waals surface area contributed by atoms with Crippen molar-refractivity contribution in [3.8, 4) is 0 Å². The number of hydrogen-bond acceptors (Lipinski definition) is 3. The molecule has 1 atom stereocenters. The molecular weight excluding hydrogens is 336 g/mol. The summed E-state index contributed by atoms with van der Waals surface area (Å²) in [4.78, 5) is 0. The van der Waals surface area contributed by atoms with E-state index in [4.69, 9.17) is 5.84 Å². The van der Waals surface area contributed by atoms with E-state index >= 15 is 0 Å². The van der Waals surface area contributed by atoms with E-state index in [0.29, 0.717) is 6.42 Å². The van der Waals surface area contributed by atoms with Crippen LogP contribution in [0.3, 0.4) is 0 Å². The molecule has 132 valence electrons. The van der Waals surface area contributed by atoms with Crippen LogP contribution in [0.15, 0.2) is 60.7 Å². The average Bonchev–Trinajstić information content (AvgIpc) is 2.56. The van der Waals surface area contributed by atoms with Crippen molar-refractivity contribution in [2.24, 2.45) is 5.84 Å². The van der Waals surface area contributed by atoms with Crippen molar-refractivity contribution in [1.82, 2.24) is 5.43 Å². The summed E-state index contributed by atoms with van der Waals surface area (Å²) in [6, 6.07) is 22.5. The Bertz CT molecular complexity index is 562. The van der Waals surface area contributed by atoms with Crippen LogP contribution in [0.25, 0.3) is 0 Å². The van der Waals surface area contributed by atoms with Gasteiger partial charge in [0.2, 0.25) is 0 Å². The van der Waals surface area contributed by atoms with E-state index in [1.165, 1.54) is 10.4 Å². The lowest BCUT2D eigenvalue weighted by molar-refractivity contribution is 0.133. The van der Waals surface area contributed by atoms with Crippen molar-refractivity contribution < 1.29 is 5.11 Å². The van der Waals surface area contributed by atoms with Gasteiger partial charge in [0.05, 0.1) is 0 Å². The van der Waals surface area contributed by atoms with E-state index in [0.717, 1.165) is 6.04 Å². The van der Waals surface area contributed by atoms with Gasteiger partial charge >= 0.3 is 0 Å². The minimum atomic E-state index is -2.08. The average molecular weight is 365 g/mol. The van der Waals surface area contributed by atoms with Gasteiger partial charge in [0.1, 0.15) is 14.3 Å². The first kappa shape index (κ1) is 20.9. The van der Waals surface area contributed by atoms with E-state index in [2.05, 4.69) is 86.9 Å². The largest absolute Gasteiger partial charge is 0.377 e. The Kier molecular flexibility index (Phi) is 7.64. The Hall–Kier alpha value is -1.17. The Labute approximate surface area is 152 Å². The summed E-state index contributed by atoms with van der Waals surface area (Å²) < 4.78 is 0. The molecule has 5 heteroatoms. The van der Waals surface area contributed by atoms with Crippen LogP contribution in [0.5, 0.6) is 0 Å². The van der Waals surface area contributed by atoms with Gasteiger partial charge in [-0.2, -0.15) is 0 Å². The third-order valence-corrected chi connectivity index (χ3v) is 11.0. The maximum atomic E-state index is 9.97. The lowest BCUT2D eigenvalue weighted by atomic mass is 10.2. The molecule has 0 saturated heterocycles. The fourth-order valence-electron chi connectivity index (χ4n) is 3.58. The van der Waals surface area contributed by atoms with Crippen molar-refractivity contribution in [2.45, 2.75) is 44.5 Å². The number of hydrazine groups is 1. The predicted molar refractivity (Wildman–Crippen MR) is 108 cm³/mol. The summed E-state index contributed by atoms with van der Waals surface area (Å²) in [5.41, 5.74) is 2.47. The summed E-state index contributed by atoms with van der Waals surface area (Å²) in [6.07, 6.45) is -0.0271. The summed E-state index contributed by atoms with van der Waals surface area (Å²) in [5, 5.41) is 12.9. The molecule has 2 aromatic carbocycles. The first-order valence-corrected chi connectivity index (χ1v) is 10.4. The lowest BCUT2D eigenvalue weighted by Gasteiger charge is -2.44. The Morgan fingerprint density at radius 2 is 1.38 bits per heavy atom. The molecule has 1 unspecified atom stereocenters. The highest BCUT2D eigenvalue weighted by Crippen LogP contribution is 2.39. The van der Waals surface area contributed by atoms with E-state index in [1.807, 2.05) is 0 Å². The van der Waals surface area contributed by atoms with Gasteiger partial charge in [-0.05, 0) is 17.5 Å². The number of aliphatic hydroxyl groups excluding tert-OH is 1. The number of nitrogens with one attached hydrogen (secondary N) is 1. The van der Waals surface area contributed by atoms with Crippen LogP contribution in [-0.2, 0) is 0 Å². The van der Waals surface area contributed by atoms with Crippen LogP contribution in [0, 0.1) is 0 Å². The quantitative estimate of drug-likeness (QED) is 0.319. The van der Waals surface area contributed by atoms with Crippen molar-refractivity contribution in [2.75, 3.05) is 0 Å². The van der Waals surface area contributed by atoms with Crippen LogP contribution in [0.1, 0.15) is 27.2 Å². The highest BCUT2D eigenvalue weighted by Gasteiger charge is 2.47. The van der Waals surface area contributed by atoms with Crippen LogP contribution in [-0.4, -0.2) is 19.4 Å². The fourth-order valence-corrected chi connectivity index (χ4v) is 9.20. The summed E-state index contributed by atoms with van der Waals surface area (Å²) in [5.74, 6) is 5.40. The number of rotatable bonds is 6. The molecule has 0 heterocycles. The van der Waals surface area contributed by atoms with Gasteiger partial charge in [0.15, 0.2) is 0 Å². The van der Waals surface area contributed by atoms with Gasteiger partial charge in [0, 0.05) is 0 Å². The van der Waals surface area contributed by atoms with Gasteiger partial charge in [-0.25, -0.2) is 5.43 Å². The van der Waals surface area contributed by atoms with E-state index < -0.39 is 14.3 Å². The second kappa shape index (κ2) is 8.79. The molecule has 0 aliphatic carbocycles. The molecule has 24 heavy (non-hydrogen) atoms. The van der Waals surface area contributed by atoms with Crippen LogP contribution in [0.4, 0.5) is 0 Å². The lowest BCUT2D eigenvalue weighted by Crippen LogP contribution is -2.64. The second-order valence-corrected chi connectivity index (χ2v) is 12.1. The molecule has 0 saturated carbocycles. The Balaban J connectivity index is 0.00000288. The van der Waals surface area contributed by atoms with Crippen LogP contribution >= 0.6 is 12.4 Å². The second-order valence-electron chi connectivity index (χ2n) is 7.11. The first-order chi connectivity index (χ1) is 10.9. The van der Waals surface area contributed by atoms with E-state index in [1.54, 1.807) is 0 Å². The minimum Gasteiger partial charge on any atom is -0.377 e. The standard InChI is InChI=1S/C19H28N2OSi.ClH/c1-19(2,3)23(15-14-18(22)21-20,16-10-6-4-7-11-16)17-12-8-5-9-13-17;/h4-13,18,21-22H,14-15,20H2,1-3H3;1H. The number of nitrogens with two attached hydrogens (primary N) is 1. The molecular formula is C19H29ClN2OSi. The topological polar surface area (TPSA) is 58.3 Å². The third-order valence-electron chi connectivity index (χ3n) is 4.80. The zero-order valence-electron chi connectivity index (χ0n) is 14.7. The van der Waals surface area contributed by atoms with Crippen molar-refractivity contribution in [3.05, 3.63) is 60.7 Å².